The summed E-state index contributed by atoms with van der Waals surface area (Å²) in [7, 11) is 0. The minimum Gasteiger partial charge on any atom is -0.351 e. The van der Waals surface area contributed by atoms with Crippen LogP contribution in [0, 0.1) is 0 Å². The van der Waals surface area contributed by atoms with Crippen LogP contribution in [0.4, 0.5) is 0 Å². The summed E-state index contributed by atoms with van der Waals surface area (Å²) in [5.41, 5.74) is 1.19. The molecule has 130 valence electrons. The summed E-state index contributed by atoms with van der Waals surface area (Å²) in [5.74, 6) is 0.209. The standard InChI is InChI=1S/C19H27N3O2/c1-3-11-20-19(24)16(2)21-12-14-22(15-13-21)18(23)10-9-17-7-5-4-6-8-17/h3-8,16H,1,9-15H2,2H3,(H,20,24)/t16-/m0/s1. The number of carbonyl (C=O) groups excluding carboxylic acids is 2. The Morgan fingerprint density at radius 3 is 2.50 bits per heavy atom. The molecule has 1 N–H and O–H groups in total. The number of rotatable bonds is 7. The van der Waals surface area contributed by atoms with E-state index in [-0.39, 0.29) is 17.9 Å². The third kappa shape index (κ3) is 5.20. The van der Waals surface area contributed by atoms with Gasteiger partial charge in [-0.1, -0.05) is 36.4 Å². The molecule has 5 nitrogen and oxygen atoms in total. The fourth-order valence-corrected chi connectivity index (χ4v) is 2.90. The average Bonchev–Trinajstić information content (AvgIpc) is 2.64. The van der Waals surface area contributed by atoms with Crippen LogP contribution in [0.1, 0.15) is 18.9 Å². The van der Waals surface area contributed by atoms with Gasteiger partial charge in [0.15, 0.2) is 0 Å². The van der Waals surface area contributed by atoms with Crippen LogP contribution in [0.15, 0.2) is 43.0 Å². The molecule has 0 aromatic heterocycles. The Morgan fingerprint density at radius 2 is 1.88 bits per heavy atom. The van der Waals surface area contributed by atoms with Gasteiger partial charge in [0.1, 0.15) is 0 Å². The van der Waals surface area contributed by atoms with Crippen molar-refractivity contribution >= 4 is 11.8 Å². The van der Waals surface area contributed by atoms with Gasteiger partial charge >= 0.3 is 0 Å². The lowest BCUT2D eigenvalue weighted by Gasteiger charge is -2.37. The van der Waals surface area contributed by atoms with Crippen molar-refractivity contribution in [1.29, 1.82) is 0 Å². The first kappa shape index (κ1) is 18.2. The molecule has 1 aliphatic rings. The second-order valence-corrected chi connectivity index (χ2v) is 6.11. The first-order valence-electron chi connectivity index (χ1n) is 8.56. The first-order chi connectivity index (χ1) is 11.6. The van der Waals surface area contributed by atoms with Gasteiger partial charge in [0, 0.05) is 39.1 Å². The smallest absolute Gasteiger partial charge is 0.237 e. The average molecular weight is 329 g/mol. The van der Waals surface area contributed by atoms with E-state index in [4.69, 9.17) is 0 Å². The zero-order valence-corrected chi connectivity index (χ0v) is 14.4. The van der Waals surface area contributed by atoms with Crippen LogP contribution >= 0.6 is 0 Å². The molecule has 5 heteroatoms. The number of benzene rings is 1. The van der Waals surface area contributed by atoms with Gasteiger partial charge in [-0.05, 0) is 18.9 Å². The molecule has 1 aliphatic heterocycles. The molecule has 1 aromatic carbocycles. The number of nitrogens with zero attached hydrogens (tertiary/aromatic N) is 2. The van der Waals surface area contributed by atoms with Crippen molar-refractivity contribution in [2.75, 3.05) is 32.7 Å². The van der Waals surface area contributed by atoms with Crippen molar-refractivity contribution in [1.82, 2.24) is 15.1 Å². The minimum atomic E-state index is -0.175. The number of hydrogen-bond donors (Lipinski definition) is 1. The maximum absolute atomic E-state index is 12.3. The van der Waals surface area contributed by atoms with E-state index >= 15 is 0 Å². The van der Waals surface area contributed by atoms with Gasteiger partial charge in [0.2, 0.25) is 11.8 Å². The summed E-state index contributed by atoms with van der Waals surface area (Å²) in [6.45, 7) is 8.84. The predicted octanol–water partition coefficient (Wildman–Crippen LogP) is 1.45. The first-order valence-corrected chi connectivity index (χ1v) is 8.56. The molecule has 0 radical (unpaired) electrons. The van der Waals surface area contributed by atoms with Crippen LogP contribution in [0.5, 0.6) is 0 Å². The zero-order chi connectivity index (χ0) is 17.4. The highest BCUT2D eigenvalue weighted by atomic mass is 16.2. The monoisotopic (exact) mass is 329 g/mol. The molecule has 1 atom stereocenters. The summed E-state index contributed by atoms with van der Waals surface area (Å²) in [5, 5.41) is 2.82. The second kappa shape index (κ2) is 9.23. The lowest BCUT2D eigenvalue weighted by molar-refractivity contribution is -0.134. The highest BCUT2D eigenvalue weighted by molar-refractivity contribution is 5.81. The van der Waals surface area contributed by atoms with E-state index in [2.05, 4.69) is 28.9 Å². The van der Waals surface area contributed by atoms with Gasteiger partial charge in [0.05, 0.1) is 6.04 Å². The number of carbonyl (C=O) groups is 2. The fourth-order valence-electron chi connectivity index (χ4n) is 2.90. The van der Waals surface area contributed by atoms with Crippen molar-refractivity contribution in [3.63, 3.8) is 0 Å². The third-order valence-electron chi connectivity index (χ3n) is 4.49. The van der Waals surface area contributed by atoms with E-state index in [1.165, 1.54) is 5.56 Å². The Morgan fingerprint density at radius 1 is 1.21 bits per heavy atom. The van der Waals surface area contributed by atoms with Crippen LogP contribution in [0.25, 0.3) is 0 Å². The Balaban J connectivity index is 1.74. The summed E-state index contributed by atoms with van der Waals surface area (Å²) in [4.78, 5) is 28.4. The van der Waals surface area contributed by atoms with Crippen molar-refractivity contribution in [2.45, 2.75) is 25.8 Å². The van der Waals surface area contributed by atoms with Gasteiger partial charge in [-0.3, -0.25) is 14.5 Å². The minimum absolute atomic E-state index is 0.0127. The predicted molar refractivity (Wildman–Crippen MR) is 95.6 cm³/mol. The molecule has 0 aliphatic carbocycles. The van der Waals surface area contributed by atoms with E-state index in [9.17, 15) is 9.59 Å². The molecular weight excluding hydrogens is 302 g/mol. The summed E-state index contributed by atoms with van der Waals surface area (Å²) in [6.07, 6.45) is 2.99. The summed E-state index contributed by atoms with van der Waals surface area (Å²) < 4.78 is 0. The molecule has 0 spiro atoms. The van der Waals surface area contributed by atoms with E-state index in [1.807, 2.05) is 30.0 Å². The van der Waals surface area contributed by atoms with Gasteiger partial charge in [-0.25, -0.2) is 0 Å². The Labute approximate surface area is 144 Å². The van der Waals surface area contributed by atoms with Gasteiger partial charge < -0.3 is 10.2 Å². The van der Waals surface area contributed by atoms with Gasteiger partial charge in [-0.2, -0.15) is 0 Å². The van der Waals surface area contributed by atoms with Crippen LogP contribution in [-0.2, 0) is 16.0 Å². The topological polar surface area (TPSA) is 52.7 Å². The maximum atomic E-state index is 12.3. The number of hydrogen-bond acceptors (Lipinski definition) is 3. The fraction of sp³-hybridized carbons (Fsp3) is 0.474. The van der Waals surface area contributed by atoms with Crippen LogP contribution in [0.3, 0.4) is 0 Å². The molecular formula is C19H27N3O2. The molecule has 1 heterocycles. The Bertz CT molecular complexity index is 551. The maximum Gasteiger partial charge on any atom is 0.237 e. The van der Waals surface area contributed by atoms with Crippen LogP contribution < -0.4 is 5.32 Å². The van der Waals surface area contributed by atoms with Crippen LogP contribution in [0.2, 0.25) is 0 Å². The van der Waals surface area contributed by atoms with Crippen LogP contribution in [-0.4, -0.2) is 60.4 Å². The number of nitrogens with one attached hydrogen (secondary N) is 1. The Kier molecular flexibility index (Phi) is 7.00. The van der Waals surface area contributed by atoms with Crippen molar-refractivity contribution in [3.05, 3.63) is 48.6 Å². The molecule has 1 saturated heterocycles. The number of piperazine rings is 1. The Hall–Kier alpha value is -2.14. The molecule has 1 aromatic rings. The van der Waals surface area contributed by atoms with E-state index < -0.39 is 0 Å². The quantitative estimate of drug-likeness (QED) is 0.771. The molecule has 0 saturated carbocycles. The lowest BCUT2D eigenvalue weighted by Crippen LogP contribution is -2.55. The number of aryl methyl sites for hydroxylation is 1. The number of amides is 2. The van der Waals surface area contributed by atoms with E-state index in [0.717, 1.165) is 19.5 Å². The molecule has 24 heavy (non-hydrogen) atoms. The highest BCUT2D eigenvalue weighted by Crippen LogP contribution is 2.10. The molecule has 2 rings (SSSR count). The lowest BCUT2D eigenvalue weighted by atomic mass is 10.1. The second-order valence-electron chi connectivity index (χ2n) is 6.11. The largest absolute Gasteiger partial charge is 0.351 e. The van der Waals surface area contributed by atoms with Gasteiger partial charge in [-0.15, -0.1) is 6.58 Å². The van der Waals surface area contributed by atoms with Gasteiger partial charge in [0.25, 0.3) is 0 Å². The highest BCUT2D eigenvalue weighted by Gasteiger charge is 2.26. The van der Waals surface area contributed by atoms with Crippen molar-refractivity contribution < 1.29 is 9.59 Å². The molecule has 2 amide bonds. The zero-order valence-electron chi connectivity index (χ0n) is 14.4. The molecule has 0 bridgehead atoms. The van der Waals surface area contributed by atoms with Crippen molar-refractivity contribution in [3.8, 4) is 0 Å². The van der Waals surface area contributed by atoms with E-state index in [1.54, 1.807) is 6.08 Å². The van der Waals surface area contributed by atoms with E-state index in [0.29, 0.717) is 26.1 Å². The molecule has 1 fully saturated rings. The third-order valence-corrected chi connectivity index (χ3v) is 4.49. The van der Waals surface area contributed by atoms with Crippen molar-refractivity contribution in [2.24, 2.45) is 0 Å². The summed E-state index contributed by atoms with van der Waals surface area (Å²) >= 11 is 0. The SMILES string of the molecule is C=CCNC(=O)[C@H](C)N1CCN(C(=O)CCc2ccccc2)CC1. The molecule has 0 unspecified atom stereocenters. The normalized spacial score (nSPS) is 16.5. The summed E-state index contributed by atoms with van der Waals surface area (Å²) in [6, 6.07) is 9.90.